The van der Waals surface area contributed by atoms with Crippen LogP contribution in [0.1, 0.15) is 54.5 Å². The Bertz CT molecular complexity index is 427. The Morgan fingerprint density at radius 3 is 2.82 bits per heavy atom. The molecule has 92 valence electrons. The molecule has 0 aromatic carbocycles. The standard InChI is InChI=1S/C11H16N4O2/c12-7-2-1-6(5-7)11-14-9(15-17-11)10(16)13-8-3-4-8/h6-8H,1-5,12H2,(H,13,16)/t6-,7+/m1/s1. The average molecular weight is 236 g/mol. The van der Waals surface area contributed by atoms with Gasteiger partial charge in [-0.1, -0.05) is 5.16 Å². The molecular formula is C11H16N4O2. The predicted molar refractivity (Wildman–Crippen MR) is 59.4 cm³/mol. The summed E-state index contributed by atoms with van der Waals surface area (Å²) in [5.41, 5.74) is 5.83. The molecule has 2 fully saturated rings. The molecule has 0 spiro atoms. The van der Waals surface area contributed by atoms with Crippen molar-refractivity contribution in [1.82, 2.24) is 15.5 Å². The molecule has 2 aliphatic rings. The zero-order valence-electron chi connectivity index (χ0n) is 9.56. The van der Waals surface area contributed by atoms with Gasteiger partial charge in [0.15, 0.2) is 0 Å². The van der Waals surface area contributed by atoms with E-state index in [4.69, 9.17) is 10.3 Å². The van der Waals surface area contributed by atoms with Crippen LogP contribution in [0.15, 0.2) is 4.52 Å². The summed E-state index contributed by atoms with van der Waals surface area (Å²) >= 11 is 0. The fraction of sp³-hybridized carbons (Fsp3) is 0.727. The van der Waals surface area contributed by atoms with Crippen molar-refractivity contribution in [2.75, 3.05) is 0 Å². The van der Waals surface area contributed by atoms with Crippen LogP contribution in [-0.4, -0.2) is 28.1 Å². The number of hydrogen-bond acceptors (Lipinski definition) is 5. The van der Waals surface area contributed by atoms with Crippen molar-refractivity contribution in [3.05, 3.63) is 11.7 Å². The van der Waals surface area contributed by atoms with Gasteiger partial charge in [-0.2, -0.15) is 4.98 Å². The van der Waals surface area contributed by atoms with Gasteiger partial charge in [0.05, 0.1) is 0 Å². The third-order valence-electron chi connectivity index (χ3n) is 3.38. The Balaban J connectivity index is 1.66. The smallest absolute Gasteiger partial charge is 0.292 e. The van der Waals surface area contributed by atoms with Crippen molar-refractivity contribution < 1.29 is 9.32 Å². The largest absolute Gasteiger partial charge is 0.346 e. The molecular weight excluding hydrogens is 220 g/mol. The molecule has 2 atom stereocenters. The lowest BCUT2D eigenvalue weighted by atomic mass is 10.1. The van der Waals surface area contributed by atoms with Crippen LogP contribution < -0.4 is 11.1 Å². The van der Waals surface area contributed by atoms with Crippen LogP contribution in [0.3, 0.4) is 0 Å². The van der Waals surface area contributed by atoms with Gasteiger partial charge in [0.25, 0.3) is 11.7 Å². The van der Waals surface area contributed by atoms with Crippen LogP contribution >= 0.6 is 0 Å². The first-order valence-electron chi connectivity index (χ1n) is 6.12. The lowest BCUT2D eigenvalue weighted by Crippen LogP contribution is -2.26. The zero-order chi connectivity index (χ0) is 11.8. The van der Waals surface area contributed by atoms with E-state index in [-0.39, 0.29) is 23.7 Å². The van der Waals surface area contributed by atoms with E-state index >= 15 is 0 Å². The summed E-state index contributed by atoms with van der Waals surface area (Å²) in [5.74, 6) is 0.691. The van der Waals surface area contributed by atoms with Gasteiger partial charge in [-0.3, -0.25) is 4.79 Å². The van der Waals surface area contributed by atoms with Gasteiger partial charge in [-0.05, 0) is 32.1 Å². The number of carbonyl (C=O) groups excluding carboxylic acids is 1. The van der Waals surface area contributed by atoms with Gasteiger partial charge < -0.3 is 15.6 Å². The molecule has 0 unspecified atom stereocenters. The van der Waals surface area contributed by atoms with Crippen LogP contribution in [0.2, 0.25) is 0 Å². The highest BCUT2D eigenvalue weighted by Crippen LogP contribution is 2.32. The van der Waals surface area contributed by atoms with Crippen LogP contribution in [0.25, 0.3) is 0 Å². The second kappa shape index (κ2) is 4.10. The normalized spacial score (nSPS) is 28.3. The maximum Gasteiger partial charge on any atom is 0.292 e. The Labute approximate surface area is 98.9 Å². The molecule has 3 N–H and O–H groups in total. The molecule has 1 aromatic rings. The van der Waals surface area contributed by atoms with Crippen molar-refractivity contribution in [2.24, 2.45) is 5.73 Å². The van der Waals surface area contributed by atoms with E-state index in [0.717, 1.165) is 32.1 Å². The summed E-state index contributed by atoms with van der Waals surface area (Å²) in [5, 5.41) is 6.56. The molecule has 0 radical (unpaired) electrons. The molecule has 3 rings (SSSR count). The number of hydrogen-bond donors (Lipinski definition) is 2. The van der Waals surface area contributed by atoms with E-state index in [0.29, 0.717) is 11.9 Å². The van der Waals surface area contributed by atoms with E-state index < -0.39 is 0 Å². The van der Waals surface area contributed by atoms with Crippen molar-refractivity contribution in [1.29, 1.82) is 0 Å². The summed E-state index contributed by atoms with van der Waals surface area (Å²) < 4.78 is 5.14. The predicted octanol–water partition coefficient (Wildman–Crippen LogP) is 0.557. The first-order chi connectivity index (χ1) is 8.22. The van der Waals surface area contributed by atoms with E-state index in [9.17, 15) is 4.79 Å². The Morgan fingerprint density at radius 1 is 1.35 bits per heavy atom. The first kappa shape index (κ1) is 10.7. The monoisotopic (exact) mass is 236 g/mol. The van der Waals surface area contributed by atoms with Gasteiger partial charge in [0.1, 0.15) is 0 Å². The first-order valence-corrected chi connectivity index (χ1v) is 6.12. The Kier molecular flexibility index (Phi) is 2.58. The van der Waals surface area contributed by atoms with Gasteiger partial charge in [0, 0.05) is 18.0 Å². The summed E-state index contributed by atoms with van der Waals surface area (Å²) in [4.78, 5) is 15.8. The fourth-order valence-electron chi connectivity index (χ4n) is 2.21. The third-order valence-corrected chi connectivity index (χ3v) is 3.38. The molecule has 6 nitrogen and oxygen atoms in total. The van der Waals surface area contributed by atoms with Crippen LogP contribution in [0.4, 0.5) is 0 Å². The minimum Gasteiger partial charge on any atom is -0.346 e. The highest BCUT2D eigenvalue weighted by molar-refractivity contribution is 5.90. The highest BCUT2D eigenvalue weighted by Gasteiger charge is 2.30. The van der Waals surface area contributed by atoms with Crippen LogP contribution in [0, 0.1) is 0 Å². The summed E-state index contributed by atoms with van der Waals surface area (Å²) in [6.45, 7) is 0. The summed E-state index contributed by atoms with van der Waals surface area (Å²) in [6, 6.07) is 0.528. The molecule has 6 heteroatoms. The van der Waals surface area contributed by atoms with Crippen LogP contribution in [0.5, 0.6) is 0 Å². The number of nitrogens with one attached hydrogen (secondary N) is 1. The van der Waals surface area contributed by atoms with Crippen molar-refractivity contribution >= 4 is 5.91 Å². The van der Waals surface area contributed by atoms with Crippen LogP contribution in [-0.2, 0) is 0 Å². The molecule has 0 saturated heterocycles. The highest BCUT2D eigenvalue weighted by atomic mass is 16.5. The maximum absolute atomic E-state index is 11.7. The number of carbonyl (C=O) groups is 1. The van der Waals surface area contributed by atoms with Gasteiger partial charge in [-0.25, -0.2) is 0 Å². The molecule has 0 aliphatic heterocycles. The van der Waals surface area contributed by atoms with E-state index in [2.05, 4.69) is 15.5 Å². The molecule has 1 heterocycles. The van der Waals surface area contributed by atoms with E-state index in [1.165, 1.54) is 0 Å². The minimum atomic E-state index is -0.232. The lowest BCUT2D eigenvalue weighted by Gasteiger charge is -2.01. The second-order valence-electron chi connectivity index (χ2n) is 4.97. The summed E-state index contributed by atoms with van der Waals surface area (Å²) in [7, 11) is 0. The SMILES string of the molecule is N[C@H]1CC[C@@H](c2nc(C(=O)NC3CC3)no2)C1. The Morgan fingerprint density at radius 2 is 2.18 bits per heavy atom. The fourth-order valence-corrected chi connectivity index (χ4v) is 2.21. The number of rotatable bonds is 3. The van der Waals surface area contributed by atoms with Gasteiger partial charge in [0.2, 0.25) is 5.89 Å². The third kappa shape index (κ3) is 2.31. The van der Waals surface area contributed by atoms with E-state index in [1.807, 2.05) is 0 Å². The average Bonchev–Trinajstić information content (AvgIpc) is 2.81. The number of nitrogens with zero attached hydrogens (tertiary/aromatic N) is 2. The minimum absolute atomic E-state index is 0.146. The van der Waals surface area contributed by atoms with E-state index in [1.54, 1.807) is 0 Å². The van der Waals surface area contributed by atoms with Gasteiger partial charge in [-0.15, -0.1) is 0 Å². The maximum atomic E-state index is 11.7. The van der Waals surface area contributed by atoms with Crippen molar-refractivity contribution in [3.63, 3.8) is 0 Å². The lowest BCUT2D eigenvalue weighted by molar-refractivity contribution is 0.0937. The van der Waals surface area contributed by atoms with Gasteiger partial charge >= 0.3 is 0 Å². The number of aromatic nitrogens is 2. The molecule has 1 aromatic heterocycles. The molecule has 0 bridgehead atoms. The molecule has 2 aliphatic carbocycles. The quantitative estimate of drug-likeness (QED) is 0.799. The zero-order valence-corrected chi connectivity index (χ0v) is 9.56. The number of amides is 1. The molecule has 1 amide bonds. The molecule has 17 heavy (non-hydrogen) atoms. The van der Waals surface area contributed by atoms with Crippen molar-refractivity contribution in [3.8, 4) is 0 Å². The van der Waals surface area contributed by atoms with Crippen molar-refractivity contribution in [2.45, 2.75) is 50.1 Å². The second-order valence-corrected chi connectivity index (χ2v) is 4.97. The number of nitrogens with two attached hydrogens (primary N) is 1. The Hall–Kier alpha value is -1.43. The topological polar surface area (TPSA) is 94.0 Å². The summed E-state index contributed by atoms with van der Waals surface area (Å²) in [6.07, 6.45) is 4.91. The molecule has 2 saturated carbocycles.